The van der Waals surface area contributed by atoms with Crippen LogP contribution in [-0.4, -0.2) is 19.1 Å². The Balaban J connectivity index is 2.30. The van der Waals surface area contributed by atoms with Crippen molar-refractivity contribution in [1.82, 2.24) is 0 Å². The van der Waals surface area contributed by atoms with Crippen molar-refractivity contribution in [3.05, 3.63) is 46.0 Å². The summed E-state index contributed by atoms with van der Waals surface area (Å²) in [6, 6.07) is 4.65. The molecule has 1 aliphatic heterocycles. The Kier molecular flexibility index (Phi) is 3.91. The van der Waals surface area contributed by atoms with Crippen molar-refractivity contribution < 1.29 is 18.3 Å². The molecule has 2 aromatic rings. The van der Waals surface area contributed by atoms with Gasteiger partial charge in [0, 0.05) is 12.0 Å². The third kappa shape index (κ3) is 2.71. The van der Waals surface area contributed by atoms with Gasteiger partial charge in [0.25, 0.3) is 0 Å². The van der Waals surface area contributed by atoms with Gasteiger partial charge in [0.05, 0.1) is 4.90 Å². The Morgan fingerprint density at radius 1 is 1.04 bits per heavy atom. The van der Waals surface area contributed by atoms with E-state index in [1.54, 1.807) is 13.0 Å². The fourth-order valence-corrected chi connectivity index (χ4v) is 5.50. The normalized spacial score (nSPS) is 15.8. The predicted molar refractivity (Wildman–Crippen MR) is 97.4 cm³/mol. The summed E-state index contributed by atoms with van der Waals surface area (Å²) < 4.78 is 32.7. The minimum Gasteiger partial charge on any atom is -0.507 e. The molecule has 0 fully saturated rings. The lowest BCUT2D eigenvalue weighted by Gasteiger charge is -2.19. The van der Waals surface area contributed by atoms with E-state index in [1.165, 1.54) is 12.1 Å². The van der Waals surface area contributed by atoms with Crippen molar-refractivity contribution in [3.8, 4) is 11.5 Å². The number of aryl methyl sites for hydroxylation is 1. The first-order chi connectivity index (χ1) is 11.5. The maximum Gasteiger partial charge on any atom is 0.210 e. The number of fused-ring (bicyclic) bond motifs is 1. The number of phenolic OH excluding ortho intramolecular Hbond substituents is 1. The number of aromatic hydroxyl groups is 1. The number of ether oxygens (including phenoxy) is 1. The molecular formula is C20H24O4S. The molecule has 5 heteroatoms. The van der Waals surface area contributed by atoms with Gasteiger partial charge >= 0.3 is 0 Å². The maximum atomic E-state index is 13.3. The van der Waals surface area contributed by atoms with Gasteiger partial charge in [-0.1, -0.05) is 6.07 Å². The molecule has 0 atom stereocenters. The minimum absolute atomic E-state index is 0.0539. The number of rotatable bonds is 2. The fourth-order valence-electron chi connectivity index (χ4n) is 3.61. The van der Waals surface area contributed by atoms with Crippen LogP contribution < -0.4 is 4.74 Å². The van der Waals surface area contributed by atoms with Gasteiger partial charge in [-0.05, 0) is 75.9 Å². The van der Waals surface area contributed by atoms with Crippen LogP contribution in [0.4, 0.5) is 0 Å². The van der Waals surface area contributed by atoms with Crippen molar-refractivity contribution in [2.75, 3.05) is 0 Å². The third-order valence-electron chi connectivity index (χ3n) is 4.96. The second-order valence-corrected chi connectivity index (χ2v) is 9.38. The summed E-state index contributed by atoms with van der Waals surface area (Å²) >= 11 is 0. The van der Waals surface area contributed by atoms with Gasteiger partial charge in [0.15, 0.2) is 0 Å². The smallest absolute Gasteiger partial charge is 0.210 e. The highest BCUT2D eigenvalue weighted by molar-refractivity contribution is 7.91. The monoisotopic (exact) mass is 360 g/mol. The molecule has 0 spiro atoms. The van der Waals surface area contributed by atoms with E-state index in [1.807, 2.05) is 34.6 Å². The molecule has 0 unspecified atom stereocenters. The van der Waals surface area contributed by atoms with Crippen LogP contribution in [0.1, 0.15) is 41.7 Å². The van der Waals surface area contributed by atoms with Gasteiger partial charge in [0.1, 0.15) is 22.0 Å². The molecule has 3 rings (SSSR count). The SMILES string of the molecule is Cc1ccc(S(=O)(=O)c2c(C)c(C)c3c(c2C)CC(C)(C)O3)c(O)c1. The summed E-state index contributed by atoms with van der Waals surface area (Å²) in [7, 11) is -3.83. The van der Waals surface area contributed by atoms with Crippen LogP contribution in [-0.2, 0) is 16.3 Å². The first-order valence-electron chi connectivity index (χ1n) is 8.32. The van der Waals surface area contributed by atoms with Crippen LogP contribution in [0.5, 0.6) is 11.5 Å². The van der Waals surface area contributed by atoms with Crippen LogP contribution in [0.3, 0.4) is 0 Å². The quantitative estimate of drug-likeness (QED) is 0.873. The van der Waals surface area contributed by atoms with Gasteiger partial charge in [0.2, 0.25) is 9.84 Å². The molecule has 0 aliphatic carbocycles. The van der Waals surface area contributed by atoms with Gasteiger partial charge in [-0.25, -0.2) is 8.42 Å². The van der Waals surface area contributed by atoms with E-state index >= 15 is 0 Å². The first-order valence-corrected chi connectivity index (χ1v) is 9.80. The van der Waals surface area contributed by atoms with Gasteiger partial charge in [-0.2, -0.15) is 0 Å². The number of hydrogen-bond donors (Lipinski definition) is 1. The number of benzene rings is 2. The molecule has 0 saturated heterocycles. The summed E-state index contributed by atoms with van der Waals surface area (Å²) in [6.07, 6.45) is 0.664. The molecule has 1 N–H and O–H groups in total. The molecule has 0 bridgehead atoms. The molecule has 25 heavy (non-hydrogen) atoms. The van der Waals surface area contributed by atoms with Gasteiger partial charge in [-0.3, -0.25) is 0 Å². The van der Waals surface area contributed by atoms with E-state index in [4.69, 9.17) is 4.74 Å². The molecular weight excluding hydrogens is 336 g/mol. The van der Waals surface area contributed by atoms with Crippen LogP contribution >= 0.6 is 0 Å². The highest BCUT2D eigenvalue weighted by Crippen LogP contribution is 2.45. The van der Waals surface area contributed by atoms with Crippen molar-refractivity contribution in [2.45, 2.75) is 63.4 Å². The summed E-state index contributed by atoms with van der Waals surface area (Å²) in [5, 5.41) is 10.2. The van der Waals surface area contributed by atoms with Crippen molar-refractivity contribution in [2.24, 2.45) is 0 Å². The Bertz CT molecular complexity index is 985. The van der Waals surface area contributed by atoms with Gasteiger partial charge in [-0.15, -0.1) is 0 Å². The third-order valence-corrected chi connectivity index (χ3v) is 7.04. The average molecular weight is 360 g/mol. The lowest BCUT2D eigenvalue weighted by molar-refractivity contribution is 0.137. The largest absolute Gasteiger partial charge is 0.507 e. The molecule has 134 valence electrons. The zero-order valence-electron chi connectivity index (χ0n) is 15.5. The maximum absolute atomic E-state index is 13.3. The lowest BCUT2D eigenvalue weighted by atomic mass is 9.94. The van der Waals surface area contributed by atoms with E-state index in [0.29, 0.717) is 17.5 Å². The highest BCUT2D eigenvalue weighted by atomic mass is 32.2. The molecule has 0 aromatic heterocycles. The number of hydrogen-bond acceptors (Lipinski definition) is 4. The molecule has 4 nitrogen and oxygen atoms in total. The van der Waals surface area contributed by atoms with Crippen LogP contribution in [0.15, 0.2) is 28.0 Å². The molecule has 0 radical (unpaired) electrons. The summed E-state index contributed by atoms with van der Waals surface area (Å²) in [5.41, 5.74) is 3.64. The standard InChI is InChI=1S/C20H24O4S/c1-11-7-8-17(16(21)9-11)25(22,23)19-13(3)12(2)18-15(14(19)4)10-20(5,6)24-18/h7-9,21H,10H2,1-6H3. The summed E-state index contributed by atoms with van der Waals surface area (Å²) in [4.78, 5) is 0.228. The Labute approximate surface area is 149 Å². The molecule has 0 amide bonds. The Hall–Kier alpha value is -2.01. The topological polar surface area (TPSA) is 63.6 Å². The predicted octanol–water partition coefficient (Wildman–Crippen LogP) is 4.17. The van der Waals surface area contributed by atoms with E-state index in [0.717, 1.165) is 22.4 Å². The van der Waals surface area contributed by atoms with Crippen molar-refractivity contribution >= 4 is 9.84 Å². The highest BCUT2D eigenvalue weighted by Gasteiger charge is 2.37. The van der Waals surface area contributed by atoms with Crippen LogP contribution in [0.25, 0.3) is 0 Å². The first kappa shape index (κ1) is 17.8. The van der Waals surface area contributed by atoms with Crippen molar-refractivity contribution in [3.63, 3.8) is 0 Å². The Morgan fingerprint density at radius 3 is 2.28 bits per heavy atom. The molecule has 1 heterocycles. The molecule has 2 aromatic carbocycles. The second kappa shape index (κ2) is 5.49. The van der Waals surface area contributed by atoms with E-state index in [2.05, 4.69) is 0 Å². The fraction of sp³-hybridized carbons (Fsp3) is 0.400. The Morgan fingerprint density at radius 2 is 1.68 bits per heavy atom. The van der Waals surface area contributed by atoms with E-state index in [9.17, 15) is 13.5 Å². The zero-order chi connectivity index (χ0) is 18.7. The number of sulfone groups is 1. The lowest BCUT2D eigenvalue weighted by Crippen LogP contribution is -2.24. The van der Waals surface area contributed by atoms with Crippen molar-refractivity contribution in [1.29, 1.82) is 0 Å². The second-order valence-electron chi connectivity index (χ2n) is 7.52. The van der Waals surface area contributed by atoms with E-state index < -0.39 is 9.84 Å². The minimum atomic E-state index is -3.83. The molecule has 0 saturated carbocycles. The van der Waals surface area contributed by atoms with Gasteiger partial charge < -0.3 is 9.84 Å². The zero-order valence-corrected chi connectivity index (χ0v) is 16.3. The van der Waals surface area contributed by atoms with Crippen LogP contribution in [0, 0.1) is 27.7 Å². The van der Waals surface area contributed by atoms with Crippen LogP contribution in [0.2, 0.25) is 0 Å². The molecule has 1 aliphatic rings. The average Bonchev–Trinajstić information content (AvgIpc) is 2.81. The van der Waals surface area contributed by atoms with E-state index in [-0.39, 0.29) is 21.1 Å². The summed E-state index contributed by atoms with van der Waals surface area (Å²) in [5.74, 6) is 0.584. The number of phenols is 1. The summed E-state index contributed by atoms with van der Waals surface area (Å²) in [6.45, 7) is 11.3.